The van der Waals surface area contributed by atoms with Gasteiger partial charge in [-0.2, -0.15) is 0 Å². The van der Waals surface area contributed by atoms with E-state index in [0.717, 1.165) is 0 Å². The Hall–Kier alpha value is -1.38. The van der Waals surface area contributed by atoms with E-state index in [9.17, 15) is 8.42 Å². The number of anilines is 1. The van der Waals surface area contributed by atoms with Gasteiger partial charge in [-0.05, 0) is 34.1 Å². The predicted octanol–water partition coefficient (Wildman–Crippen LogP) is 1.24. The van der Waals surface area contributed by atoms with Gasteiger partial charge in [-0.15, -0.1) is 0 Å². The zero-order valence-electron chi connectivity index (χ0n) is 10.2. The molecule has 102 valence electrons. The topological polar surface area (TPSA) is 90.0 Å². The summed E-state index contributed by atoms with van der Waals surface area (Å²) in [5.41, 5.74) is 6.08. The number of nitrogens with zero attached hydrogens (tertiary/aromatic N) is 2. The monoisotopic (exact) mass is 344 g/mol. The van der Waals surface area contributed by atoms with Gasteiger partial charge in [-0.3, -0.25) is 0 Å². The molecular formula is C11H13BrN4O2S. The molecule has 0 bridgehead atoms. The van der Waals surface area contributed by atoms with E-state index in [1.807, 2.05) is 0 Å². The molecule has 1 aromatic heterocycles. The summed E-state index contributed by atoms with van der Waals surface area (Å²) >= 11 is 3.20. The lowest BCUT2D eigenvalue weighted by atomic mass is 10.3. The highest BCUT2D eigenvalue weighted by Gasteiger charge is 2.18. The Morgan fingerprint density at radius 2 is 2.21 bits per heavy atom. The highest BCUT2D eigenvalue weighted by molar-refractivity contribution is 9.10. The van der Waals surface area contributed by atoms with Crippen molar-refractivity contribution in [3.63, 3.8) is 0 Å². The van der Waals surface area contributed by atoms with Crippen LogP contribution in [0.15, 0.2) is 40.0 Å². The standard InChI is InChI=1S/C11H13BrN4O2S/c1-16-5-4-14-11(16)7-15-19(17,18)10-3-2-8(13)6-9(10)12/h2-6,15H,7,13H2,1H3. The molecule has 19 heavy (non-hydrogen) atoms. The molecule has 0 saturated heterocycles. The quantitative estimate of drug-likeness (QED) is 0.816. The highest BCUT2D eigenvalue weighted by atomic mass is 79.9. The van der Waals surface area contributed by atoms with Crippen LogP contribution in [0, 0.1) is 0 Å². The van der Waals surface area contributed by atoms with Crippen molar-refractivity contribution >= 4 is 31.6 Å². The minimum Gasteiger partial charge on any atom is -0.399 e. The fourth-order valence-corrected chi connectivity index (χ4v) is 3.61. The van der Waals surface area contributed by atoms with E-state index < -0.39 is 10.0 Å². The van der Waals surface area contributed by atoms with Crippen LogP contribution in [-0.4, -0.2) is 18.0 Å². The average Bonchev–Trinajstić information content (AvgIpc) is 2.72. The van der Waals surface area contributed by atoms with Crippen molar-refractivity contribution in [2.75, 3.05) is 5.73 Å². The van der Waals surface area contributed by atoms with E-state index in [2.05, 4.69) is 25.6 Å². The second-order valence-electron chi connectivity index (χ2n) is 3.97. The number of nitrogens with one attached hydrogen (secondary N) is 1. The van der Waals surface area contributed by atoms with E-state index in [1.54, 1.807) is 36.1 Å². The number of benzene rings is 1. The molecule has 0 aliphatic carbocycles. The first kappa shape index (κ1) is 14.0. The molecular weight excluding hydrogens is 332 g/mol. The van der Waals surface area contributed by atoms with Crippen LogP contribution in [0.2, 0.25) is 0 Å². The molecule has 0 saturated carbocycles. The molecule has 0 radical (unpaired) electrons. The molecule has 2 aromatic rings. The molecule has 0 fully saturated rings. The summed E-state index contributed by atoms with van der Waals surface area (Å²) in [6.45, 7) is 0.128. The van der Waals surface area contributed by atoms with Crippen molar-refractivity contribution in [3.05, 3.63) is 40.9 Å². The van der Waals surface area contributed by atoms with Gasteiger partial charge in [-0.1, -0.05) is 0 Å². The predicted molar refractivity (Wildman–Crippen MR) is 75.8 cm³/mol. The summed E-state index contributed by atoms with van der Waals surface area (Å²) in [4.78, 5) is 4.20. The number of sulfonamides is 1. The molecule has 0 amide bonds. The van der Waals surface area contributed by atoms with E-state index >= 15 is 0 Å². The van der Waals surface area contributed by atoms with Gasteiger partial charge in [0, 0.05) is 29.6 Å². The van der Waals surface area contributed by atoms with Gasteiger partial charge in [0.2, 0.25) is 10.0 Å². The van der Waals surface area contributed by atoms with Crippen LogP contribution in [-0.2, 0) is 23.6 Å². The molecule has 0 aliphatic heterocycles. The summed E-state index contributed by atoms with van der Waals surface area (Å²) in [7, 11) is -1.80. The van der Waals surface area contributed by atoms with Crippen molar-refractivity contribution in [1.29, 1.82) is 0 Å². The number of aryl methyl sites for hydroxylation is 1. The lowest BCUT2D eigenvalue weighted by Crippen LogP contribution is -2.25. The highest BCUT2D eigenvalue weighted by Crippen LogP contribution is 2.24. The van der Waals surface area contributed by atoms with Crippen LogP contribution in [0.5, 0.6) is 0 Å². The second kappa shape index (κ2) is 5.32. The maximum Gasteiger partial charge on any atom is 0.242 e. The molecule has 0 spiro atoms. The third kappa shape index (κ3) is 3.14. The van der Waals surface area contributed by atoms with E-state index in [4.69, 9.17) is 5.73 Å². The first-order valence-electron chi connectivity index (χ1n) is 5.41. The molecule has 0 aliphatic rings. The molecule has 3 N–H and O–H groups in total. The van der Waals surface area contributed by atoms with Gasteiger partial charge in [0.25, 0.3) is 0 Å². The molecule has 2 rings (SSSR count). The van der Waals surface area contributed by atoms with Gasteiger partial charge < -0.3 is 10.3 Å². The van der Waals surface area contributed by atoms with Gasteiger partial charge in [0.1, 0.15) is 5.82 Å². The van der Waals surface area contributed by atoms with Crippen molar-refractivity contribution in [1.82, 2.24) is 14.3 Å². The number of nitrogens with two attached hydrogens (primary N) is 1. The van der Waals surface area contributed by atoms with Crippen LogP contribution in [0.3, 0.4) is 0 Å². The number of hydrogen-bond donors (Lipinski definition) is 2. The average molecular weight is 345 g/mol. The van der Waals surface area contributed by atoms with Crippen LogP contribution >= 0.6 is 15.9 Å². The second-order valence-corrected chi connectivity index (χ2v) is 6.56. The number of halogens is 1. The third-order valence-corrected chi connectivity index (χ3v) is 4.96. The number of imidazole rings is 1. The normalized spacial score (nSPS) is 11.7. The Labute approximate surface area is 119 Å². The number of nitrogen functional groups attached to an aromatic ring is 1. The summed E-state index contributed by atoms with van der Waals surface area (Å²) in [6, 6.07) is 4.55. The molecule has 6 nitrogen and oxygen atoms in total. The minimum absolute atomic E-state index is 0.128. The van der Waals surface area contributed by atoms with Gasteiger partial charge in [0.05, 0.1) is 11.4 Å². The fraction of sp³-hybridized carbons (Fsp3) is 0.182. The zero-order valence-corrected chi connectivity index (χ0v) is 12.6. The number of rotatable bonds is 4. The first-order valence-corrected chi connectivity index (χ1v) is 7.68. The van der Waals surface area contributed by atoms with Crippen LogP contribution in [0.25, 0.3) is 0 Å². The molecule has 8 heteroatoms. The number of hydrogen-bond acceptors (Lipinski definition) is 4. The number of aromatic nitrogens is 2. The van der Waals surface area contributed by atoms with Gasteiger partial charge in [0.15, 0.2) is 0 Å². The van der Waals surface area contributed by atoms with E-state index in [0.29, 0.717) is 16.0 Å². The third-order valence-electron chi connectivity index (χ3n) is 2.59. The van der Waals surface area contributed by atoms with Gasteiger partial charge >= 0.3 is 0 Å². The van der Waals surface area contributed by atoms with Crippen molar-refractivity contribution in [2.45, 2.75) is 11.4 Å². The SMILES string of the molecule is Cn1ccnc1CNS(=O)(=O)c1ccc(N)cc1Br. The lowest BCUT2D eigenvalue weighted by Gasteiger charge is -2.09. The van der Waals surface area contributed by atoms with Crippen molar-refractivity contribution < 1.29 is 8.42 Å². The molecule has 1 aromatic carbocycles. The maximum atomic E-state index is 12.2. The Morgan fingerprint density at radius 3 is 2.79 bits per heavy atom. The molecule has 0 unspecified atom stereocenters. The smallest absolute Gasteiger partial charge is 0.242 e. The van der Waals surface area contributed by atoms with Crippen molar-refractivity contribution in [3.8, 4) is 0 Å². The Balaban J connectivity index is 2.21. The van der Waals surface area contributed by atoms with Crippen LogP contribution in [0.4, 0.5) is 5.69 Å². The van der Waals surface area contributed by atoms with E-state index in [1.165, 1.54) is 6.07 Å². The molecule has 0 atom stereocenters. The first-order chi connectivity index (χ1) is 8.90. The lowest BCUT2D eigenvalue weighted by molar-refractivity contribution is 0.577. The summed E-state index contributed by atoms with van der Waals surface area (Å²) < 4.78 is 29.0. The van der Waals surface area contributed by atoms with Crippen molar-refractivity contribution in [2.24, 2.45) is 7.05 Å². The largest absolute Gasteiger partial charge is 0.399 e. The Kier molecular flexibility index (Phi) is 3.93. The molecule has 1 heterocycles. The zero-order chi connectivity index (χ0) is 14.0. The maximum absolute atomic E-state index is 12.2. The Bertz CT molecular complexity index is 696. The van der Waals surface area contributed by atoms with Crippen LogP contribution < -0.4 is 10.5 Å². The van der Waals surface area contributed by atoms with Gasteiger partial charge in [-0.25, -0.2) is 18.1 Å². The fourth-order valence-electron chi connectivity index (χ4n) is 1.54. The minimum atomic E-state index is -3.61. The van der Waals surface area contributed by atoms with Crippen LogP contribution in [0.1, 0.15) is 5.82 Å². The van der Waals surface area contributed by atoms with E-state index in [-0.39, 0.29) is 11.4 Å². The summed E-state index contributed by atoms with van der Waals surface area (Å²) in [6.07, 6.45) is 3.37. The summed E-state index contributed by atoms with van der Waals surface area (Å²) in [5.74, 6) is 0.634. The summed E-state index contributed by atoms with van der Waals surface area (Å²) in [5, 5.41) is 0. The Morgan fingerprint density at radius 1 is 1.47 bits per heavy atom.